The standard InChI is InChI=1S/C8H7Cl2FO4S/c1-14-4-3-5(15-2)8(16(10,12)13)7(11)6(4)9/h3H,1-2H3. The van der Waals surface area contributed by atoms with Crippen LogP contribution in [0.5, 0.6) is 11.5 Å². The molecule has 0 heterocycles. The molecule has 0 saturated heterocycles. The molecule has 0 N–H and O–H groups in total. The molecule has 4 nitrogen and oxygen atoms in total. The van der Waals surface area contributed by atoms with Gasteiger partial charge in [0.25, 0.3) is 9.05 Å². The molecule has 0 aliphatic rings. The van der Waals surface area contributed by atoms with Crippen molar-refractivity contribution in [2.45, 2.75) is 4.90 Å². The van der Waals surface area contributed by atoms with Gasteiger partial charge in [0.2, 0.25) is 0 Å². The van der Waals surface area contributed by atoms with Gasteiger partial charge in [-0.05, 0) is 0 Å². The lowest BCUT2D eigenvalue weighted by Crippen LogP contribution is -2.02. The van der Waals surface area contributed by atoms with Gasteiger partial charge in [-0.2, -0.15) is 0 Å². The molecule has 1 aromatic carbocycles. The van der Waals surface area contributed by atoms with E-state index in [1.807, 2.05) is 0 Å². The molecule has 0 saturated carbocycles. The fraction of sp³-hybridized carbons (Fsp3) is 0.250. The van der Waals surface area contributed by atoms with E-state index in [9.17, 15) is 12.8 Å². The summed E-state index contributed by atoms with van der Waals surface area (Å²) in [4.78, 5) is -0.803. The molecule has 0 aliphatic heterocycles. The molecular weight excluding hydrogens is 282 g/mol. The minimum absolute atomic E-state index is 0.0416. The second-order valence-corrected chi connectivity index (χ2v) is 5.56. The van der Waals surface area contributed by atoms with Crippen LogP contribution in [0.1, 0.15) is 0 Å². The van der Waals surface area contributed by atoms with E-state index in [2.05, 4.69) is 0 Å². The Kier molecular flexibility index (Phi) is 3.88. The summed E-state index contributed by atoms with van der Waals surface area (Å²) >= 11 is 5.55. The molecule has 90 valence electrons. The molecule has 0 atom stereocenters. The fourth-order valence-electron chi connectivity index (χ4n) is 1.09. The molecule has 0 fully saturated rings. The molecule has 0 spiro atoms. The summed E-state index contributed by atoms with van der Waals surface area (Å²) in [5, 5.41) is -0.470. The highest BCUT2D eigenvalue weighted by molar-refractivity contribution is 8.13. The Labute approximate surface area is 101 Å². The van der Waals surface area contributed by atoms with Gasteiger partial charge in [0.15, 0.2) is 10.7 Å². The van der Waals surface area contributed by atoms with Gasteiger partial charge in [-0.1, -0.05) is 11.6 Å². The normalized spacial score (nSPS) is 11.3. The summed E-state index contributed by atoms with van der Waals surface area (Å²) in [5.74, 6) is -1.51. The highest BCUT2D eigenvalue weighted by atomic mass is 35.7. The summed E-state index contributed by atoms with van der Waals surface area (Å²) in [6.07, 6.45) is 0. The third kappa shape index (κ3) is 2.34. The van der Waals surface area contributed by atoms with Crippen molar-refractivity contribution in [3.63, 3.8) is 0 Å². The van der Waals surface area contributed by atoms with Crippen LogP contribution >= 0.6 is 22.3 Å². The van der Waals surface area contributed by atoms with Gasteiger partial charge < -0.3 is 9.47 Å². The van der Waals surface area contributed by atoms with E-state index in [4.69, 9.17) is 31.8 Å². The molecular formula is C8H7Cl2FO4S. The van der Waals surface area contributed by atoms with Crippen LogP contribution < -0.4 is 9.47 Å². The van der Waals surface area contributed by atoms with Gasteiger partial charge in [-0.3, -0.25) is 0 Å². The Bertz CT molecular complexity index is 515. The quantitative estimate of drug-likeness (QED) is 0.802. The second-order valence-electron chi connectivity index (χ2n) is 2.68. The molecule has 0 aromatic heterocycles. The Morgan fingerprint density at radius 1 is 1.25 bits per heavy atom. The third-order valence-corrected chi connectivity index (χ3v) is 3.46. The van der Waals surface area contributed by atoms with Gasteiger partial charge in [0.05, 0.1) is 14.2 Å². The van der Waals surface area contributed by atoms with Crippen LogP contribution in [0, 0.1) is 5.82 Å². The maximum atomic E-state index is 13.6. The Balaban J connectivity index is 3.68. The molecule has 1 rings (SSSR count). The van der Waals surface area contributed by atoms with Crippen molar-refractivity contribution in [1.29, 1.82) is 0 Å². The highest BCUT2D eigenvalue weighted by Crippen LogP contribution is 2.39. The van der Waals surface area contributed by atoms with Crippen molar-refractivity contribution >= 4 is 31.3 Å². The number of hydrogen-bond acceptors (Lipinski definition) is 4. The number of benzene rings is 1. The summed E-state index contributed by atoms with van der Waals surface area (Å²) in [6.45, 7) is 0. The Morgan fingerprint density at radius 2 is 1.75 bits per heavy atom. The number of hydrogen-bond donors (Lipinski definition) is 0. The van der Waals surface area contributed by atoms with E-state index in [1.165, 1.54) is 14.2 Å². The van der Waals surface area contributed by atoms with E-state index in [0.29, 0.717) is 0 Å². The van der Waals surface area contributed by atoms with E-state index in [1.54, 1.807) is 0 Å². The van der Waals surface area contributed by atoms with Crippen molar-refractivity contribution in [3.8, 4) is 11.5 Å². The molecule has 16 heavy (non-hydrogen) atoms. The van der Waals surface area contributed by atoms with Crippen LogP contribution in [0.3, 0.4) is 0 Å². The molecule has 0 unspecified atom stereocenters. The van der Waals surface area contributed by atoms with Gasteiger partial charge in [0, 0.05) is 16.7 Å². The molecule has 0 amide bonds. The zero-order valence-corrected chi connectivity index (χ0v) is 10.6. The summed E-state index contributed by atoms with van der Waals surface area (Å²) < 4.78 is 45.4. The van der Waals surface area contributed by atoms with Crippen LogP contribution in [-0.4, -0.2) is 22.6 Å². The maximum absolute atomic E-state index is 13.6. The average molecular weight is 289 g/mol. The van der Waals surface area contributed by atoms with Crippen LogP contribution in [0.2, 0.25) is 5.02 Å². The summed E-state index contributed by atoms with van der Waals surface area (Å²) in [7, 11) is 3.21. The molecule has 8 heteroatoms. The predicted octanol–water partition coefficient (Wildman–Crippen LogP) is 2.42. The third-order valence-electron chi connectivity index (χ3n) is 1.78. The Morgan fingerprint density at radius 3 is 2.12 bits per heavy atom. The van der Waals surface area contributed by atoms with E-state index in [0.717, 1.165) is 6.07 Å². The maximum Gasteiger partial charge on any atom is 0.267 e. The largest absolute Gasteiger partial charge is 0.495 e. The van der Waals surface area contributed by atoms with Crippen molar-refractivity contribution in [3.05, 3.63) is 16.9 Å². The fourth-order valence-corrected chi connectivity index (χ4v) is 2.50. The monoisotopic (exact) mass is 288 g/mol. The predicted molar refractivity (Wildman–Crippen MR) is 57.6 cm³/mol. The first-order valence-electron chi connectivity index (χ1n) is 3.87. The molecule has 0 radical (unpaired) electrons. The molecule has 1 aromatic rings. The lowest BCUT2D eigenvalue weighted by Gasteiger charge is -2.11. The van der Waals surface area contributed by atoms with Crippen molar-refractivity contribution in [2.24, 2.45) is 0 Å². The first-order chi connectivity index (χ1) is 7.32. The summed E-state index contributed by atoms with van der Waals surface area (Å²) in [5.41, 5.74) is 0. The van der Waals surface area contributed by atoms with E-state index < -0.39 is 24.8 Å². The van der Waals surface area contributed by atoms with Crippen LogP contribution in [0.15, 0.2) is 11.0 Å². The van der Waals surface area contributed by atoms with Gasteiger partial charge in [-0.15, -0.1) is 0 Å². The zero-order chi connectivity index (χ0) is 12.5. The average Bonchev–Trinajstić information content (AvgIpc) is 2.19. The minimum atomic E-state index is -4.29. The number of halogens is 3. The van der Waals surface area contributed by atoms with Gasteiger partial charge in [0.1, 0.15) is 16.5 Å². The lowest BCUT2D eigenvalue weighted by atomic mass is 10.3. The van der Waals surface area contributed by atoms with Gasteiger partial charge >= 0.3 is 0 Å². The van der Waals surface area contributed by atoms with Crippen molar-refractivity contribution in [2.75, 3.05) is 14.2 Å². The number of rotatable bonds is 3. The van der Waals surface area contributed by atoms with Crippen molar-refractivity contribution < 1.29 is 22.3 Å². The SMILES string of the molecule is COc1cc(OC)c(S(=O)(=O)Cl)c(F)c1Cl. The highest BCUT2D eigenvalue weighted by Gasteiger charge is 2.27. The van der Waals surface area contributed by atoms with Gasteiger partial charge in [-0.25, -0.2) is 12.8 Å². The van der Waals surface area contributed by atoms with Crippen molar-refractivity contribution in [1.82, 2.24) is 0 Å². The number of methoxy groups -OCH3 is 2. The minimum Gasteiger partial charge on any atom is -0.495 e. The topological polar surface area (TPSA) is 52.6 Å². The number of ether oxygens (including phenoxy) is 2. The first kappa shape index (κ1) is 13.3. The summed E-state index contributed by atoms with van der Waals surface area (Å²) in [6, 6.07) is 1.14. The molecule has 0 aliphatic carbocycles. The Hall–Kier alpha value is -0.720. The van der Waals surface area contributed by atoms with E-state index in [-0.39, 0.29) is 11.5 Å². The van der Waals surface area contributed by atoms with Crippen LogP contribution in [0.4, 0.5) is 4.39 Å². The van der Waals surface area contributed by atoms with Crippen LogP contribution in [0.25, 0.3) is 0 Å². The lowest BCUT2D eigenvalue weighted by molar-refractivity contribution is 0.377. The zero-order valence-electron chi connectivity index (χ0n) is 8.25. The van der Waals surface area contributed by atoms with Crippen LogP contribution in [-0.2, 0) is 9.05 Å². The second kappa shape index (κ2) is 4.65. The van der Waals surface area contributed by atoms with E-state index >= 15 is 0 Å². The molecule has 0 bridgehead atoms. The smallest absolute Gasteiger partial charge is 0.267 e. The first-order valence-corrected chi connectivity index (χ1v) is 6.56.